The van der Waals surface area contributed by atoms with Crippen LogP contribution in [0.2, 0.25) is 5.15 Å². The van der Waals surface area contributed by atoms with Gasteiger partial charge in [0.15, 0.2) is 5.75 Å². The number of aromatic nitrogens is 2. The lowest BCUT2D eigenvalue weighted by molar-refractivity contribution is 0.480. The highest BCUT2D eigenvalue weighted by atomic mass is 35.5. The van der Waals surface area contributed by atoms with Gasteiger partial charge in [-0.1, -0.05) is 83.9 Å². The molecule has 0 unspecified atom stereocenters. The van der Waals surface area contributed by atoms with E-state index >= 15 is 0 Å². The molecule has 0 saturated heterocycles. The molecule has 5 aromatic rings. The number of halogens is 1. The lowest BCUT2D eigenvalue weighted by Gasteiger charge is -2.12. The van der Waals surface area contributed by atoms with Crippen LogP contribution in [-0.4, -0.2) is 14.7 Å². The molecule has 2 heterocycles. The molecule has 0 fully saturated rings. The maximum atomic E-state index is 12.7. The smallest absolute Gasteiger partial charge is 0.260 e. The van der Waals surface area contributed by atoms with Crippen LogP contribution in [-0.2, 0) is 0 Å². The van der Waals surface area contributed by atoms with Gasteiger partial charge in [-0.25, -0.2) is 0 Å². The minimum atomic E-state index is -0.361. The summed E-state index contributed by atoms with van der Waals surface area (Å²) < 4.78 is 1.74. The van der Waals surface area contributed by atoms with Gasteiger partial charge in [-0.05, 0) is 41.8 Å². The number of aromatic amines is 1. The van der Waals surface area contributed by atoms with Crippen molar-refractivity contribution in [3.63, 3.8) is 0 Å². The van der Waals surface area contributed by atoms with E-state index in [4.69, 9.17) is 11.6 Å². The maximum absolute atomic E-state index is 12.7. The van der Waals surface area contributed by atoms with Crippen molar-refractivity contribution in [1.29, 1.82) is 0 Å². The molecule has 0 aliphatic carbocycles. The molecule has 2 N–H and O–H groups in total. The highest BCUT2D eigenvalue weighted by molar-refractivity contribution is 6.31. The summed E-state index contributed by atoms with van der Waals surface area (Å²) in [4.78, 5) is 15.5. The molecule has 3 aromatic carbocycles. The van der Waals surface area contributed by atoms with E-state index in [2.05, 4.69) is 36.2 Å². The minimum absolute atomic E-state index is 0.0977. The summed E-state index contributed by atoms with van der Waals surface area (Å²) >= 11 is 6.53. The van der Waals surface area contributed by atoms with Crippen LogP contribution in [0.1, 0.15) is 5.56 Å². The zero-order chi connectivity index (χ0) is 21.5. The molecule has 4 nitrogen and oxygen atoms in total. The number of hydrogen-bond acceptors (Lipinski definition) is 2. The first-order chi connectivity index (χ1) is 15.0. The van der Waals surface area contributed by atoms with E-state index in [0.29, 0.717) is 21.7 Å². The van der Waals surface area contributed by atoms with Crippen molar-refractivity contribution < 1.29 is 5.11 Å². The molecule has 0 spiro atoms. The summed E-state index contributed by atoms with van der Waals surface area (Å²) in [6, 6.07) is 27.0. The van der Waals surface area contributed by atoms with Gasteiger partial charge in [-0.15, -0.1) is 0 Å². The van der Waals surface area contributed by atoms with Gasteiger partial charge in [0.25, 0.3) is 5.56 Å². The van der Waals surface area contributed by atoms with Crippen molar-refractivity contribution in [3.05, 3.63) is 106 Å². The standard InChI is InChI=1S/C26H19ClN2O2/c1-16-7-9-17(10-8-16)18-11-13-20(14-12-18)29-22(27)15-21-24(29)25(30)23(26(31)28-21)19-5-3-2-4-6-19/h2-15H,1H3,(H2,28,30,31). The van der Waals surface area contributed by atoms with Crippen LogP contribution in [0.15, 0.2) is 89.7 Å². The quantitative estimate of drug-likeness (QED) is 0.354. The van der Waals surface area contributed by atoms with Crippen molar-refractivity contribution in [2.75, 3.05) is 0 Å². The predicted octanol–water partition coefficient (Wildman–Crippen LogP) is 6.32. The van der Waals surface area contributed by atoms with Gasteiger partial charge in [-0.2, -0.15) is 0 Å². The topological polar surface area (TPSA) is 58.0 Å². The fourth-order valence-corrected chi connectivity index (χ4v) is 4.18. The van der Waals surface area contributed by atoms with Gasteiger partial charge in [0.05, 0.1) is 11.1 Å². The summed E-state index contributed by atoms with van der Waals surface area (Å²) in [5.41, 5.74) is 5.66. The van der Waals surface area contributed by atoms with Crippen molar-refractivity contribution in [3.8, 4) is 33.7 Å². The number of pyridine rings is 1. The second kappa shape index (κ2) is 7.49. The highest BCUT2D eigenvalue weighted by Gasteiger charge is 2.20. The average molecular weight is 427 g/mol. The van der Waals surface area contributed by atoms with Crippen LogP contribution >= 0.6 is 11.6 Å². The first kappa shape index (κ1) is 19.2. The first-order valence-electron chi connectivity index (χ1n) is 9.92. The molecule has 5 rings (SSSR count). The Labute approximate surface area is 184 Å². The molecule has 0 saturated carbocycles. The SMILES string of the molecule is Cc1ccc(-c2ccc(-n3c(Cl)cc4[nH]c(=O)c(-c5ccccc5)c(O)c43)cc2)cc1. The maximum Gasteiger partial charge on any atom is 0.260 e. The van der Waals surface area contributed by atoms with E-state index in [0.717, 1.165) is 16.8 Å². The van der Waals surface area contributed by atoms with E-state index in [1.54, 1.807) is 22.8 Å². The Hall–Kier alpha value is -3.76. The first-order valence-corrected chi connectivity index (χ1v) is 10.3. The Morgan fingerprint density at radius 1 is 0.839 bits per heavy atom. The largest absolute Gasteiger partial charge is 0.505 e. The molecule has 2 aromatic heterocycles. The third kappa shape index (κ3) is 3.31. The van der Waals surface area contributed by atoms with Crippen molar-refractivity contribution in [2.45, 2.75) is 6.92 Å². The molecule has 0 aliphatic heterocycles. The lowest BCUT2D eigenvalue weighted by atomic mass is 10.0. The van der Waals surface area contributed by atoms with Crippen LogP contribution in [0.4, 0.5) is 0 Å². The molecule has 0 aliphatic rings. The van der Waals surface area contributed by atoms with Crippen LogP contribution < -0.4 is 5.56 Å². The van der Waals surface area contributed by atoms with Gasteiger partial charge in [0, 0.05) is 5.69 Å². The van der Waals surface area contributed by atoms with Gasteiger partial charge in [-0.3, -0.25) is 9.36 Å². The fourth-order valence-electron chi connectivity index (χ4n) is 3.89. The predicted molar refractivity (Wildman–Crippen MR) is 126 cm³/mol. The molecule has 31 heavy (non-hydrogen) atoms. The molecule has 0 radical (unpaired) electrons. The number of nitrogens with zero attached hydrogens (tertiary/aromatic N) is 1. The van der Waals surface area contributed by atoms with Crippen molar-refractivity contribution in [2.24, 2.45) is 0 Å². The highest BCUT2D eigenvalue weighted by Crippen LogP contribution is 2.37. The van der Waals surface area contributed by atoms with Crippen LogP contribution in [0.25, 0.3) is 39.0 Å². The number of nitrogens with one attached hydrogen (secondary N) is 1. The Balaban J connectivity index is 1.67. The number of H-pyrrole nitrogens is 1. The summed E-state index contributed by atoms with van der Waals surface area (Å²) in [6.45, 7) is 2.06. The number of aryl methyl sites for hydroxylation is 1. The second-order valence-corrected chi connectivity index (χ2v) is 7.91. The number of hydrogen-bond donors (Lipinski definition) is 2. The normalized spacial score (nSPS) is 11.2. The number of aromatic hydroxyl groups is 1. The molecule has 0 amide bonds. The monoisotopic (exact) mass is 426 g/mol. The van der Waals surface area contributed by atoms with E-state index in [9.17, 15) is 9.90 Å². The number of benzene rings is 3. The number of fused-ring (bicyclic) bond motifs is 1. The zero-order valence-electron chi connectivity index (χ0n) is 16.8. The summed E-state index contributed by atoms with van der Waals surface area (Å²) in [5, 5.41) is 11.5. The average Bonchev–Trinajstić information content (AvgIpc) is 3.11. The minimum Gasteiger partial charge on any atom is -0.505 e. The fraction of sp³-hybridized carbons (Fsp3) is 0.0385. The lowest BCUT2D eigenvalue weighted by Crippen LogP contribution is -2.09. The van der Waals surface area contributed by atoms with Crippen LogP contribution in [0.5, 0.6) is 5.75 Å². The zero-order valence-corrected chi connectivity index (χ0v) is 17.5. The molecule has 0 bridgehead atoms. The van der Waals surface area contributed by atoms with Gasteiger partial charge in [0.2, 0.25) is 0 Å². The third-order valence-corrected chi connectivity index (χ3v) is 5.74. The number of rotatable bonds is 3. The van der Waals surface area contributed by atoms with Gasteiger partial charge < -0.3 is 10.1 Å². The Morgan fingerprint density at radius 3 is 2.10 bits per heavy atom. The Bertz CT molecular complexity index is 1450. The van der Waals surface area contributed by atoms with Crippen molar-refractivity contribution in [1.82, 2.24) is 9.55 Å². The molecule has 152 valence electrons. The van der Waals surface area contributed by atoms with Gasteiger partial charge >= 0.3 is 0 Å². The van der Waals surface area contributed by atoms with Crippen LogP contribution in [0, 0.1) is 6.92 Å². The molecule has 5 heteroatoms. The summed E-state index contributed by atoms with van der Waals surface area (Å²) in [5.74, 6) is -0.0977. The Kier molecular flexibility index (Phi) is 4.64. The van der Waals surface area contributed by atoms with E-state index in [1.807, 2.05) is 42.5 Å². The molecular weight excluding hydrogens is 408 g/mol. The molecular formula is C26H19ClN2O2. The third-order valence-electron chi connectivity index (χ3n) is 5.47. The van der Waals surface area contributed by atoms with Gasteiger partial charge in [0.1, 0.15) is 10.7 Å². The van der Waals surface area contributed by atoms with Crippen LogP contribution in [0.3, 0.4) is 0 Å². The summed E-state index contributed by atoms with van der Waals surface area (Å²) in [6.07, 6.45) is 0. The van der Waals surface area contributed by atoms with E-state index in [1.165, 1.54) is 5.56 Å². The van der Waals surface area contributed by atoms with Crippen molar-refractivity contribution >= 4 is 22.6 Å². The van der Waals surface area contributed by atoms with E-state index < -0.39 is 0 Å². The van der Waals surface area contributed by atoms with E-state index in [-0.39, 0.29) is 16.9 Å². The molecule has 0 atom stereocenters. The second-order valence-electron chi connectivity index (χ2n) is 7.52. The summed E-state index contributed by atoms with van der Waals surface area (Å²) in [7, 11) is 0. The Morgan fingerprint density at radius 2 is 1.45 bits per heavy atom.